The number of aliphatic hydroxyl groups is 3. The Kier molecular flexibility index (Phi) is 1.24. The second kappa shape index (κ2) is 1.67. The Morgan fingerprint density at radius 3 is 2.10 bits per heavy atom. The lowest BCUT2D eigenvalue weighted by Gasteiger charge is -2.00. The molecule has 1 rings (SSSR count). The molecule has 1 saturated heterocycles. The zero-order chi connectivity index (χ0) is 7.99. The number of carboxylic acids is 1. The number of aliphatic hydroxyl groups excluding tert-OH is 1. The van der Waals surface area contributed by atoms with Crippen LogP contribution in [0.3, 0.4) is 0 Å². The van der Waals surface area contributed by atoms with Gasteiger partial charge in [-0.1, -0.05) is 0 Å². The fraction of sp³-hybridized carbons (Fsp3) is 0.750. The van der Waals surface area contributed by atoms with Crippen molar-refractivity contribution in [2.75, 3.05) is 6.61 Å². The minimum Gasteiger partial charge on any atom is -0.477 e. The number of rotatable bonds is 2. The fourth-order valence-electron chi connectivity index (χ4n) is 0.569. The molecule has 0 aromatic carbocycles. The van der Waals surface area contributed by atoms with Crippen LogP contribution in [-0.4, -0.2) is 44.6 Å². The largest absolute Gasteiger partial charge is 0.477 e. The van der Waals surface area contributed by atoms with E-state index in [4.69, 9.17) is 20.4 Å². The molecule has 0 amide bonds. The molecule has 2 unspecified atom stereocenters. The van der Waals surface area contributed by atoms with Gasteiger partial charge in [0.15, 0.2) is 0 Å². The van der Waals surface area contributed by atoms with E-state index in [0.717, 1.165) is 0 Å². The van der Waals surface area contributed by atoms with E-state index in [9.17, 15) is 4.79 Å². The third kappa shape index (κ3) is 0.641. The van der Waals surface area contributed by atoms with E-state index in [2.05, 4.69) is 4.74 Å². The quantitative estimate of drug-likeness (QED) is 0.323. The van der Waals surface area contributed by atoms with Gasteiger partial charge in [-0.25, -0.2) is 4.79 Å². The molecule has 58 valence electrons. The van der Waals surface area contributed by atoms with E-state index < -0.39 is 24.2 Å². The molecule has 0 spiro atoms. The molecule has 0 saturated carbocycles. The van der Waals surface area contributed by atoms with Crippen molar-refractivity contribution in [3.8, 4) is 0 Å². The lowest BCUT2D eigenvalue weighted by Crippen LogP contribution is -2.36. The van der Waals surface area contributed by atoms with Crippen LogP contribution in [0.5, 0.6) is 0 Å². The molecule has 10 heavy (non-hydrogen) atoms. The summed E-state index contributed by atoms with van der Waals surface area (Å²) in [7, 11) is 0. The number of ether oxygens (including phenoxy) is 1. The maximum atomic E-state index is 10.0. The summed E-state index contributed by atoms with van der Waals surface area (Å²) < 4.78 is 3.96. The van der Waals surface area contributed by atoms with Crippen molar-refractivity contribution in [2.24, 2.45) is 0 Å². The average Bonchev–Trinajstić information content (AvgIpc) is 2.39. The first-order chi connectivity index (χ1) is 4.46. The Labute approximate surface area is 55.3 Å². The summed E-state index contributed by atoms with van der Waals surface area (Å²) in [4.78, 5) is 10.0. The summed E-state index contributed by atoms with van der Waals surface area (Å²) in [5.74, 6) is -6.66. The zero-order valence-electron chi connectivity index (χ0n) is 4.81. The smallest absolute Gasteiger partial charge is 0.370 e. The van der Waals surface area contributed by atoms with Crippen molar-refractivity contribution in [1.29, 1.82) is 0 Å². The number of carbonyl (C=O) groups is 1. The van der Waals surface area contributed by atoms with Crippen LogP contribution < -0.4 is 0 Å². The topological polar surface area (TPSA) is 111 Å². The van der Waals surface area contributed by atoms with Gasteiger partial charge in [-0.05, 0) is 0 Å². The second-order valence-corrected chi connectivity index (χ2v) is 1.99. The Bertz CT molecular complexity index is 179. The summed E-state index contributed by atoms with van der Waals surface area (Å²) in [5.41, 5.74) is 0. The molecule has 0 radical (unpaired) electrons. The molecule has 0 bridgehead atoms. The number of hydrogen-bond acceptors (Lipinski definition) is 5. The van der Waals surface area contributed by atoms with Crippen LogP contribution in [0.25, 0.3) is 0 Å². The van der Waals surface area contributed by atoms with E-state index in [-0.39, 0.29) is 0 Å². The van der Waals surface area contributed by atoms with Gasteiger partial charge in [0.1, 0.15) is 6.61 Å². The molecule has 0 aromatic heterocycles. The third-order valence-electron chi connectivity index (χ3n) is 1.31. The first-order valence-corrected chi connectivity index (χ1v) is 2.45. The van der Waals surface area contributed by atoms with Crippen molar-refractivity contribution in [3.05, 3.63) is 0 Å². The summed E-state index contributed by atoms with van der Waals surface area (Å²) in [6.07, 6.45) is 0. The van der Waals surface area contributed by atoms with E-state index in [1.54, 1.807) is 0 Å². The van der Waals surface area contributed by atoms with Gasteiger partial charge in [0.05, 0.1) is 0 Å². The van der Waals surface area contributed by atoms with Gasteiger partial charge < -0.3 is 20.4 Å². The van der Waals surface area contributed by atoms with Crippen LogP contribution in [0.4, 0.5) is 0 Å². The minimum atomic E-state index is -2.62. The summed E-state index contributed by atoms with van der Waals surface area (Å²) >= 11 is 0. The molecule has 1 aliphatic heterocycles. The molecular weight excluding hydrogens is 144 g/mol. The molecule has 1 heterocycles. The number of carboxylic acid groups (broad SMARTS) is 1. The summed E-state index contributed by atoms with van der Waals surface area (Å²) in [5, 5.41) is 33.8. The highest BCUT2D eigenvalue weighted by molar-refractivity contribution is 5.79. The average molecular weight is 150 g/mol. The standard InChI is InChI=1S/C4H6O6/c5-1-3(8)4(9,10-3)2(6)7/h5,8-9H,1H2,(H,6,7). The fourth-order valence-corrected chi connectivity index (χ4v) is 0.569. The van der Waals surface area contributed by atoms with Crippen molar-refractivity contribution in [1.82, 2.24) is 0 Å². The molecule has 0 aliphatic carbocycles. The zero-order valence-corrected chi connectivity index (χ0v) is 4.81. The molecule has 6 nitrogen and oxygen atoms in total. The molecule has 1 aliphatic rings. The molecular formula is C4H6O6. The molecule has 4 N–H and O–H groups in total. The first kappa shape index (κ1) is 7.42. The Balaban J connectivity index is 2.72. The minimum absolute atomic E-state index is 0.949. The van der Waals surface area contributed by atoms with E-state index in [0.29, 0.717) is 0 Å². The summed E-state index contributed by atoms with van der Waals surface area (Å²) in [6.45, 7) is -0.949. The SMILES string of the molecule is O=C(O)C1(O)OC1(O)CO. The van der Waals surface area contributed by atoms with Crippen LogP contribution in [0.15, 0.2) is 0 Å². The van der Waals surface area contributed by atoms with Crippen LogP contribution >= 0.6 is 0 Å². The van der Waals surface area contributed by atoms with Crippen molar-refractivity contribution >= 4 is 5.97 Å². The predicted molar refractivity (Wildman–Crippen MR) is 25.7 cm³/mol. The van der Waals surface area contributed by atoms with Gasteiger partial charge in [0, 0.05) is 0 Å². The van der Waals surface area contributed by atoms with Crippen molar-refractivity contribution in [2.45, 2.75) is 11.6 Å². The van der Waals surface area contributed by atoms with Gasteiger partial charge >= 0.3 is 11.8 Å². The third-order valence-corrected chi connectivity index (χ3v) is 1.31. The van der Waals surface area contributed by atoms with Crippen LogP contribution in [0.2, 0.25) is 0 Å². The van der Waals surface area contributed by atoms with E-state index >= 15 is 0 Å². The van der Waals surface area contributed by atoms with Gasteiger partial charge in [-0.2, -0.15) is 0 Å². The van der Waals surface area contributed by atoms with Crippen molar-refractivity contribution < 1.29 is 30.0 Å². The Morgan fingerprint density at radius 2 is 2.00 bits per heavy atom. The lowest BCUT2D eigenvalue weighted by atomic mass is 10.2. The van der Waals surface area contributed by atoms with Gasteiger partial charge in [0.2, 0.25) is 0 Å². The Morgan fingerprint density at radius 1 is 1.50 bits per heavy atom. The van der Waals surface area contributed by atoms with Gasteiger partial charge in [-0.3, -0.25) is 4.74 Å². The molecule has 6 heteroatoms. The monoisotopic (exact) mass is 150 g/mol. The molecule has 0 aromatic rings. The highest BCUT2D eigenvalue weighted by Gasteiger charge is 2.75. The number of aliphatic carboxylic acids is 1. The van der Waals surface area contributed by atoms with Gasteiger partial charge in [-0.15, -0.1) is 0 Å². The number of epoxide rings is 1. The van der Waals surface area contributed by atoms with Crippen molar-refractivity contribution in [3.63, 3.8) is 0 Å². The normalized spacial score (nSPS) is 45.1. The lowest BCUT2D eigenvalue weighted by molar-refractivity contribution is -0.159. The van der Waals surface area contributed by atoms with E-state index in [1.165, 1.54) is 0 Å². The maximum Gasteiger partial charge on any atom is 0.370 e. The molecule has 2 atom stereocenters. The Hall–Kier alpha value is -0.690. The van der Waals surface area contributed by atoms with E-state index in [1.807, 2.05) is 0 Å². The van der Waals surface area contributed by atoms with Crippen LogP contribution in [0.1, 0.15) is 0 Å². The summed E-state index contributed by atoms with van der Waals surface area (Å²) in [6, 6.07) is 0. The second-order valence-electron chi connectivity index (χ2n) is 1.99. The molecule has 1 fully saturated rings. The first-order valence-electron chi connectivity index (χ1n) is 2.45. The van der Waals surface area contributed by atoms with Crippen LogP contribution in [0, 0.1) is 0 Å². The van der Waals surface area contributed by atoms with Crippen LogP contribution in [-0.2, 0) is 9.53 Å². The maximum absolute atomic E-state index is 10.0. The number of hydrogen-bond donors (Lipinski definition) is 4. The predicted octanol–water partition coefficient (Wildman–Crippen LogP) is -2.53. The highest BCUT2D eigenvalue weighted by atomic mass is 16.9. The van der Waals surface area contributed by atoms with Gasteiger partial charge in [0.25, 0.3) is 5.79 Å². The highest BCUT2D eigenvalue weighted by Crippen LogP contribution is 2.43.